The van der Waals surface area contributed by atoms with E-state index in [0.29, 0.717) is 17.1 Å². The number of amides is 2. The molecule has 1 aromatic carbocycles. The van der Waals surface area contributed by atoms with Crippen LogP contribution in [0.2, 0.25) is 0 Å². The number of thioether (sulfide) groups is 1. The molecule has 0 N–H and O–H groups in total. The molecule has 0 atom stereocenters. The summed E-state index contributed by atoms with van der Waals surface area (Å²) in [4.78, 5) is 35.4. The Kier molecular flexibility index (Phi) is 4.41. The summed E-state index contributed by atoms with van der Waals surface area (Å²) < 4.78 is 5.61. The second-order valence-electron chi connectivity index (χ2n) is 4.98. The van der Waals surface area contributed by atoms with Gasteiger partial charge in [-0.3, -0.25) is 24.6 Å². The minimum atomic E-state index is -0.491. The van der Waals surface area contributed by atoms with Crippen molar-refractivity contribution in [2.75, 3.05) is 6.54 Å². The molecule has 1 aliphatic rings. The molecule has 0 radical (unpaired) electrons. The van der Waals surface area contributed by atoms with Gasteiger partial charge in [-0.2, -0.15) is 0 Å². The molecule has 1 aromatic heterocycles. The molecule has 0 unspecified atom stereocenters. The predicted octanol–water partition coefficient (Wildman–Crippen LogP) is 3.52. The number of carbonyl (C=O) groups excluding carboxylic acids is 2. The molecule has 2 aromatic rings. The van der Waals surface area contributed by atoms with Gasteiger partial charge in [0.15, 0.2) is 0 Å². The highest BCUT2D eigenvalue weighted by molar-refractivity contribution is 8.18. The van der Waals surface area contributed by atoms with Crippen molar-refractivity contribution in [3.05, 3.63) is 57.2 Å². The van der Waals surface area contributed by atoms with Crippen LogP contribution in [0.15, 0.2) is 45.7 Å². The van der Waals surface area contributed by atoms with Crippen LogP contribution in [0.5, 0.6) is 0 Å². The van der Waals surface area contributed by atoms with Crippen LogP contribution in [0.3, 0.4) is 0 Å². The Balaban J connectivity index is 1.87. The summed E-state index contributed by atoms with van der Waals surface area (Å²) in [5, 5.41) is 10.4. The zero-order valence-electron chi connectivity index (χ0n) is 12.7. The topological polar surface area (TPSA) is 93.7 Å². The van der Waals surface area contributed by atoms with Crippen molar-refractivity contribution in [2.45, 2.75) is 0 Å². The Hall–Kier alpha value is -3.31. The number of carbonyl (C=O) groups is 2. The van der Waals surface area contributed by atoms with Gasteiger partial charge in [0.1, 0.15) is 11.5 Å². The minimum Gasteiger partial charge on any atom is -0.457 e. The van der Waals surface area contributed by atoms with Gasteiger partial charge in [-0.25, -0.2) is 0 Å². The number of rotatable bonds is 4. The number of benzene rings is 1. The van der Waals surface area contributed by atoms with Crippen LogP contribution < -0.4 is 0 Å². The van der Waals surface area contributed by atoms with Gasteiger partial charge in [-0.1, -0.05) is 18.1 Å². The van der Waals surface area contributed by atoms with Crippen LogP contribution in [0.4, 0.5) is 10.5 Å². The van der Waals surface area contributed by atoms with E-state index in [2.05, 4.69) is 5.92 Å². The van der Waals surface area contributed by atoms with Gasteiger partial charge < -0.3 is 4.42 Å². The number of nitro groups is 1. The molecule has 3 rings (SSSR count). The molecule has 0 aliphatic carbocycles. The van der Waals surface area contributed by atoms with Crippen LogP contribution in [-0.2, 0) is 4.79 Å². The first-order valence-electron chi connectivity index (χ1n) is 7.03. The first kappa shape index (κ1) is 16.5. The normalized spacial score (nSPS) is 15.6. The molecule has 25 heavy (non-hydrogen) atoms. The molecule has 0 saturated carbocycles. The lowest BCUT2D eigenvalue weighted by molar-refractivity contribution is -0.384. The lowest BCUT2D eigenvalue weighted by Gasteiger charge is -2.06. The Morgan fingerprint density at radius 3 is 2.84 bits per heavy atom. The standard InChI is InChI=1S/C17H10N2O5S/c1-2-8-18-16(20)15(25-17(18)21)10-13-6-7-14(24-13)11-4-3-5-12(9-11)19(22)23/h1,3-7,9-10H,8H2/b15-10-. The summed E-state index contributed by atoms with van der Waals surface area (Å²) in [6.07, 6.45) is 6.59. The lowest BCUT2D eigenvalue weighted by Crippen LogP contribution is -2.28. The van der Waals surface area contributed by atoms with Gasteiger partial charge in [0.05, 0.1) is 16.4 Å². The first-order chi connectivity index (χ1) is 12.0. The van der Waals surface area contributed by atoms with E-state index < -0.39 is 16.1 Å². The zero-order chi connectivity index (χ0) is 18.0. The van der Waals surface area contributed by atoms with Crippen LogP contribution in [0, 0.1) is 22.5 Å². The van der Waals surface area contributed by atoms with Crippen molar-refractivity contribution in [2.24, 2.45) is 0 Å². The molecule has 8 heteroatoms. The molecule has 2 heterocycles. The molecular weight excluding hydrogens is 344 g/mol. The third-order valence-corrected chi connectivity index (χ3v) is 4.27. The van der Waals surface area contributed by atoms with E-state index in [0.717, 1.165) is 16.7 Å². The monoisotopic (exact) mass is 354 g/mol. The fourth-order valence-electron chi connectivity index (χ4n) is 2.22. The largest absolute Gasteiger partial charge is 0.457 e. The van der Waals surface area contributed by atoms with Gasteiger partial charge in [-0.05, 0) is 23.9 Å². The Labute approximate surface area is 146 Å². The van der Waals surface area contributed by atoms with Crippen LogP contribution in [0.25, 0.3) is 17.4 Å². The molecule has 2 amide bonds. The summed E-state index contributed by atoms with van der Waals surface area (Å²) in [7, 11) is 0. The summed E-state index contributed by atoms with van der Waals surface area (Å²) in [5.74, 6) is 2.56. The number of imide groups is 1. The Bertz CT molecular complexity index is 954. The summed E-state index contributed by atoms with van der Waals surface area (Å²) in [6, 6.07) is 9.26. The van der Waals surface area contributed by atoms with E-state index >= 15 is 0 Å². The quantitative estimate of drug-likeness (QED) is 0.361. The van der Waals surface area contributed by atoms with E-state index in [1.54, 1.807) is 24.3 Å². The predicted molar refractivity (Wildman–Crippen MR) is 92.3 cm³/mol. The zero-order valence-corrected chi connectivity index (χ0v) is 13.5. The second kappa shape index (κ2) is 6.67. The van der Waals surface area contributed by atoms with E-state index in [9.17, 15) is 19.7 Å². The average molecular weight is 354 g/mol. The number of nitro benzene ring substituents is 1. The highest BCUT2D eigenvalue weighted by Crippen LogP contribution is 2.33. The van der Waals surface area contributed by atoms with Gasteiger partial charge in [0.25, 0.3) is 16.8 Å². The maximum absolute atomic E-state index is 12.1. The Morgan fingerprint density at radius 2 is 2.12 bits per heavy atom. The third-order valence-electron chi connectivity index (χ3n) is 3.36. The maximum atomic E-state index is 12.1. The summed E-state index contributed by atoms with van der Waals surface area (Å²) >= 11 is 0.782. The number of terminal acetylenes is 1. The molecule has 0 spiro atoms. The summed E-state index contributed by atoms with van der Waals surface area (Å²) in [5.41, 5.74) is 0.486. The molecular formula is C17H10N2O5S. The maximum Gasteiger partial charge on any atom is 0.294 e. The average Bonchev–Trinajstić information content (AvgIpc) is 3.16. The number of nitrogens with zero attached hydrogens (tertiary/aromatic N) is 2. The van der Waals surface area contributed by atoms with Crippen LogP contribution in [-0.4, -0.2) is 27.5 Å². The van der Waals surface area contributed by atoms with Gasteiger partial charge in [0, 0.05) is 23.8 Å². The van der Waals surface area contributed by atoms with E-state index in [4.69, 9.17) is 10.8 Å². The van der Waals surface area contributed by atoms with Crippen molar-refractivity contribution < 1.29 is 18.9 Å². The third kappa shape index (κ3) is 3.32. The summed E-state index contributed by atoms with van der Waals surface area (Å²) in [6.45, 7) is -0.0842. The highest BCUT2D eigenvalue weighted by Gasteiger charge is 2.34. The molecule has 7 nitrogen and oxygen atoms in total. The van der Waals surface area contributed by atoms with Gasteiger partial charge in [0.2, 0.25) is 0 Å². The van der Waals surface area contributed by atoms with E-state index in [-0.39, 0.29) is 17.1 Å². The Morgan fingerprint density at radius 1 is 1.32 bits per heavy atom. The molecule has 1 aliphatic heterocycles. The van der Waals surface area contributed by atoms with Crippen LogP contribution >= 0.6 is 11.8 Å². The van der Waals surface area contributed by atoms with Gasteiger partial charge in [-0.15, -0.1) is 6.42 Å². The van der Waals surface area contributed by atoms with Crippen molar-refractivity contribution in [3.63, 3.8) is 0 Å². The smallest absolute Gasteiger partial charge is 0.294 e. The van der Waals surface area contributed by atoms with Crippen molar-refractivity contribution in [3.8, 4) is 23.7 Å². The number of furan rings is 1. The molecule has 124 valence electrons. The van der Waals surface area contributed by atoms with E-state index in [1.165, 1.54) is 18.2 Å². The lowest BCUT2D eigenvalue weighted by atomic mass is 10.1. The fraction of sp³-hybridized carbons (Fsp3) is 0.0588. The van der Waals surface area contributed by atoms with Crippen molar-refractivity contribution in [1.82, 2.24) is 4.90 Å². The number of non-ortho nitro benzene ring substituents is 1. The van der Waals surface area contributed by atoms with Crippen molar-refractivity contribution in [1.29, 1.82) is 0 Å². The number of hydrogen-bond acceptors (Lipinski definition) is 6. The highest BCUT2D eigenvalue weighted by atomic mass is 32.2. The van der Waals surface area contributed by atoms with Crippen LogP contribution in [0.1, 0.15) is 5.76 Å². The molecule has 1 fully saturated rings. The SMILES string of the molecule is C#CCN1C(=O)S/C(=C\c2ccc(-c3cccc([N+](=O)[O-])c3)o2)C1=O. The first-order valence-corrected chi connectivity index (χ1v) is 7.85. The fourth-order valence-corrected chi connectivity index (χ4v) is 3.03. The number of hydrogen-bond donors (Lipinski definition) is 0. The molecule has 1 saturated heterocycles. The molecule has 0 bridgehead atoms. The minimum absolute atomic E-state index is 0.0501. The van der Waals surface area contributed by atoms with Gasteiger partial charge >= 0.3 is 0 Å². The van der Waals surface area contributed by atoms with E-state index in [1.807, 2.05) is 0 Å². The van der Waals surface area contributed by atoms with Crippen molar-refractivity contribution >= 4 is 34.7 Å². The second-order valence-corrected chi connectivity index (χ2v) is 5.97.